The SMILES string of the molecule is C[Si](Cl)=[Ti+2].Cc1c[c-](C)c(C)c1C.[Cl-].[Cl-].c1ccc2[cH-]ccc2c1. The van der Waals surface area contributed by atoms with E-state index in [0.29, 0.717) is 0 Å². The third-order valence-corrected chi connectivity index (χ3v) is 3.73. The van der Waals surface area contributed by atoms with Crippen LogP contribution in [0.25, 0.3) is 10.8 Å². The van der Waals surface area contributed by atoms with Gasteiger partial charge in [0.2, 0.25) is 0 Å². The molecule has 0 radical (unpaired) electrons. The van der Waals surface area contributed by atoms with Crippen molar-refractivity contribution in [3.63, 3.8) is 0 Å². The molecule has 5 heteroatoms. The molecule has 0 heterocycles. The van der Waals surface area contributed by atoms with Crippen LogP contribution < -0.4 is 24.8 Å². The average Bonchev–Trinajstić information content (AvgIpc) is 3.01. The van der Waals surface area contributed by atoms with E-state index < -0.39 is 5.50 Å². The molecule has 0 spiro atoms. The van der Waals surface area contributed by atoms with E-state index in [0.717, 1.165) is 0 Å². The molecule has 3 aromatic rings. The van der Waals surface area contributed by atoms with Crippen LogP contribution in [0, 0.1) is 27.7 Å². The summed E-state index contributed by atoms with van der Waals surface area (Å²) in [5, 5.41) is 2.66. The summed E-state index contributed by atoms with van der Waals surface area (Å²) in [7, 11) is 0. The number of hydrogen-bond acceptors (Lipinski definition) is 0. The Labute approximate surface area is 175 Å². The molecule has 0 bridgehead atoms. The Kier molecular flexibility index (Phi) is 14.4. The summed E-state index contributed by atoms with van der Waals surface area (Å²) in [5.41, 5.74) is 5.34. The van der Waals surface area contributed by atoms with E-state index >= 15 is 0 Å². The molecule has 0 aromatic heterocycles. The molecule has 0 N–H and O–H groups in total. The molecule has 0 nitrogen and oxygen atoms in total. The first-order chi connectivity index (χ1) is 10.3. The number of rotatable bonds is 0. The monoisotopic (exact) mass is 432 g/mol. The molecule has 0 unspecified atom stereocenters. The summed E-state index contributed by atoms with van der Waals surface area (Å²) in [6.07, 6.45) is 0. The van der Waals surface area contributed by atoms with Gasteiger partial charge in [-0.15, -0.1) is 29.7 Å². The number of halogens is 3. The summed E-state index contributed by atoms with van der Waals surface area (Å²) < 4.78 is 0. The molecular formula is C19H23Cl3SiTi-2. The van der Waals surface area contributed by atoms with Crippen molar-refractivity contribution >= 4 is 27.3 Å². The van der Waals surface area contributed by atoms with Crippen molar-refractivity contribution in [1.29, 1.82) is 0 Å². The molecule has 3 aromatic carbocycles. The second-order valence-corrected chi connectivity index (χ2v) is 13.2. The minimum absolute atomic E-state index is 0. The maximum Gasteiger partial charge on any atom is -0.0630 e. The standard InChI is InChI=1S/C9H7.C9H13.CH3ClSi.2ClH.Ti/c1-2-5-9-7-3-6-8(9)4-1;1-6-5-7(2)9(4)8(6)3;1-3-2;;;/h1-7H;5H,1-4H3;1H3;2*1H;/q2*-1;;;;+2/p-2. The van der Waals surface area contributed by atoms with Crippen LogP contribution in [-0.2, 0) is 19.2 Å². The van der Waals surface area contributed by atoms with Gasteiger partial charge in [0.25, 0.3) is 0 Å². The minimum atomic E-state index is -0.407. The van der Waals surface area contributed by atoms with Crippen molar-refractivity contribution in [1.82, 2.24) is 0 Å². The van der Waals surface area contributed by atoms with Gasteiger partial charge in [0.05, 0.1) is 0 Å². The summed E-state index contributed by atoms with van der Waals surface area (Å²) in [6.45, 7) is 10.7. The second kappa shape index (κ2) is 13.2. The quantitative estimate of drug-likeness (QED) is 0.268. The van der Waals surface area contributed by atoms with Gasteiger partial charge in [0.1, 0.15) is 0 Å². The van der Waals surface area contributed by atoms with Crippen molar-refractivity contribution in [2.45, 2.75) is 34.2 Å². The topological polar surface area (TPSA) is 0 Å². The van der Waals surface area contributed by atoms with Crippen LogP contribution in [0.5, 0.6) is 0 Å². The van der Waals surface area contributed by atoms with E-state index in [1.807, 2.05) is 25.7 Å². The Bertz CT molecular complexity index is 687. The third kappa shape index (κ3) is 8.90. The normalized spacial score (nSPS) is 8.83. The van der Waals surface area contributed by atoms with E-state index in [1.165, 1.54) is 33.0 Å². The summed E-state index contributed by atoms with van der Waals surface area (Å²) in [6, 6.07) is 16.9. The van der Waals surface area contributed by atoms with Gasteiger partial charge in [-0.2, -0.15) is 45.8 Å². The zero-order chi connectivity index (χ0) is 16.7. The molecule has 3 rings (SSSR count). The summed E-state index contributed by atoms with van der Waals surface area (Å²) in [4.78, 5) is 0. The first-order valence-corrected chi connectivity index (χ1v) is 12.7. The Morgan fingerprint density at radius 2 is 1.62 bits per heavy atom. The minimum Gasteiger partial charge on any atom is -1.00 e. The van der Waals surface area contributed by atoms with E-state index in [1.54, 1.807) is 0 Å². The van der Waals surface area contributed by atoms with E-state index in [4.69, 9.17) is 11.1 Å². The predicted molar refractivity (Wildman–Crippen MR) is 98.0 cm³/mol. The van der Waals surface area contributed by atoms with Crippen molar-refractivity contribution < 1.29 is 44.0 Å². The van der Waals surface area contributed by atoms with Gasteiger partial charge in [0, 0.05) is 0 Å². The molecule has 0 atom stereocenters. The van der Waals surface area contributed by atoms with Gasteiger partial charge in [-0.1, -0.05) is 33.8 Å². The van der Waals surface area contributed by atoms with Gasteiger partial charge in [-0.25, -0.2) is 0 Å². The first-order valence-electron chi connectivity index (χ1n) is 7.34. The second-order valence-electron chi connectivity index (χ2n) is 5.45. The molecular weight excluding hydrogens is 411 g/mol. The van der Waals surface area contributed by atoms with Crippen LogP contribution in [0.1, 0.15) is 22.3 Å². The van der Waals surface area contributed by atoms with Crippen LogP contribution in [0.15, 0.2) is 48.5 Å². The zero-order valence-electron chi connectivity index (χ0n) is 14.8. The number of benzene rings is 1. The molecule has 0 aliphatic rings. The molecule has 0 aliphatic heterocycles. The summed E-state index contributed by atoms with van der Waals surface area (Å²) >= 11 is 7.41. The van der Waals surface area contributed by atoms with Gasteiger partial charge in [0.15, 0.2) is 0 Å². The maximum absolute atomic E-state index is 5.38. The Hall–Kier alpha value is -0.0188. The van der Waals surface area contributed by atoms with Gasteiger partial charge in [-0.3, -0.25) is 0 Å². The fourth-order valence-corrected chi connectivity index (χ4v) is 2.20. The van der Waals surface area contributed by atoms with Crippen LogP contribution >= 0.6 is 11.1 Å². The Morgan fingerprint density at radius 3 is 2.00 bits per heavy atom. The van der Waals surface area contributed by atoms with Crippen molar-refractivity contribution in [2.24, 2.45) is 0 Å². The Morgan fingerprint density at radius 1 is 1.08 bits per heavy atom. The van der Waals surface area contributed by atoms with Crippen molar-refractivity contribution in [3.8, 4) is 0 Å². The van der Waals surface area contributed by atoms with Crippen molar-refractivity contribution in [3.05, 3.63) is 70.8 Å². The molecule has 0 amide bonds. The van der Waals surface area contributed by atoms with Gasteiger partial charge < -0.3 is 24.8 Å². The zero-order valence-corrected chi connectivity index (χ0v) is 19.6. The molecule has 24 heavy (non-hydrogen) atoms. The number of aryl methyl sites for hydroxylation is 2. The largest absolute Gasteiger partial charge is 1.00 e. The van der Waals surface area contributed by atoms with Gasteiger partial charge in [-0.05, 0) is 0 Å². The molecule has 0 aliphatic carbocycles. The van der Waals surface area contributed by atoms with E-state index in [-0.39, 0.29) is 24.8 Å². The van der Waals surface area contributed by atoms with Crippen LogP contribution in [-0.4, -0.2) is 5.50 Å². The fourth-order valence-electron chi connectivity index (χ4n) is 2.20. The van der Waals surface area contributed by atoms with Crippen LogP contribution in [0.3, 0.4) is 0 Å². The first kappa shape index (κ1) is 26.2. The summed E-state index contributed by atoms with van der Waals surface area (Å²) in [5.74, 6) is 0. The van der Waals surface area contributed by atoms with Gasteiger partial charge >= 0.3 is 42.3 Å². The molecule has 0 fully saturated rings. The van der Waals surface area contributed by atoms with E-state index in [9.17, 15) is 0 Å². The van der Waals surface area contributed by atoms with Crippen LogP contribution in [0.2, 0.25) is 6.55 Å². The molecule has 130 valence electrons. The van der Waals surface area contributed by atoms with E-state index in [2.05, 4.69) is 76.2 Å². The van der Waals surface area contributed by atoms with Crippen molar-refractivity contribution in [2.75, 3.05) is 0 Å². The molecule has 0 saturated heterocycles. The Balaban J connectivity index is 0. The van der Waals surface area contributed by atoms with Crippen LogP contribution in [0.4, 0.5) is 0 Å². The maximum atomic E-state index is 5.38. The number of fused-ring (bicyclic) bond motifs is 1. The predicted octanol–water partition coefficient (Wildman–Crippen LogP) is 0.0959. The average molecular weight is 434 g/mol. The fraction of sp³-hybridized carbons (Fsp3) is 0.263. The number of hydrogen-bond donors (Lipinski definition) is 0. The third-order valence-electron chi connectivity index (χ3n) is 3.73. The molecule has 0 saturated carbocycles. The smallest absolute Gasteiger partial charge is 0.0630 e.